The van der Waals surface area contributed by atoms with Gasteiger partial charge in [0, 0.05) is 19.3 Å². The van der Waals surface area contributed by atoms with E-state index in [1.54, 1.807) is 0 Å². The van der Waals surface area contributed by atoms with Gasteiger partial charge < -0.3 is 34.2 Å². The first-order chi connectivity index (χ1) is 63.2. The summed E-state index contributed by atoms with van der Waals surface area (Å²) in [7, 11) is -9.82. The first-order valence-electron chi connectivity index (χ1n) is 52.1. The maximum atomic E-state index is 13.1. The molecule has 0 aromatic rings. The Morgan fingerprint density at radius 2 is 0.411 bits per heavy atom. The lowest BCUT2D eigenvalue weighted by atomic mass is 10.0. The van der Waals surface area contributed by atoms with Gasteiger partial charge in [0.1, 0.15) is 25.4 Å². The molecule has 0 amide bonds. The quantitative estimate of drug-likeness (QED) is 0.0146. The second kappa shape index (κ2) is 102. The number of carbonyl (C=O) groups excluding carboxylic acids is 3. The van der Waals surface area contributed by atoms with Crippen LogP contribution in [0.1, 0.15) is 445 Å². The average Bonchev–Trinajstić information content (AvgIpc) is 0.898. The molecule has 16 nitrogen and oxygen atoms in total. The predicted molar refractivity (Wildman–Crippen MR) is 546 cm³/mol. The number of hydrogen-bond acceptors (Lipinski definition) is 14. The Balaban J connectivity index is 4.62. The fourth-order valence-corrected chi connectivity index (χ4v) is 15.9. The summed E-state index contributed by atoms with van der Waals surface area (Å²) in [4.78, 5) is 59.3. The van der Waals surface area contributed by atoms with Crippen molar-refractivity contribution in [2.75, 3.05) is 39.6 Å². The molecule has 0 aliphatic carbocycles. The molecule has 4 N–H and O–H groups in total. The zero-order chi connectivity index (χ0) is 93.5. The van der Waals surface area contributed by atoms with Crippen LogP contribution in [-0.2, 0) is 55.8 Å². The van der Waals surface area contributed by atoms with Gasteiger partial charge in [-0.25, -0.2) is 9.13 Å². The van der Waals surface area contributed by atoms with E-state index in [1.165, 1.54) is 218 Å². The molecule has 0 saturated carbocycles. The van der Waals surface area contributed by atoms with Gasteiger partial charge >= 0.3 is 33.6 Å². The van der Waals surface area contributed by atoms with Crippen molar-refractivity contribution in [2.45, 2.75) is 463 Å². The fourth-order valence-electron chi connectivity index (χ4n) is 14.3. The van der Waals surface area contributed by atoms with E-state index in [2.05, 4.69) is 203 Å². The topological polar surface area (TPSA) is 231 Å². The molecule has 0 aliphatic rings. The van der Waals surface area contributed by atoms with Crippen molar-refractivity contribution in [3.63, 3.8) is 0 Å². The molecule has 5 atom stereocenters. The lowest BCUT2D eigenvalue weighted by Gasteiger charge is -2.21. The number of esters is 3. The maximum absolute atomic E-state index is 13.1. The molecule has 0 rings (SSSR count). The summed E-state index contributed by atoms with van der Waals surface area (Å²) in [6, 6.07) is 0. The summed E-state index contributed by atoms with van der Waals surface area (Å²) < 4.78 is 61.7. The minimum absolute atomic E-state index is 0.0999. The van der Waals surface area contributed by atoms with Crippen molar-refractivity contribution in [3.8, 4) is 0 Å². The zero-order valence-electron chi connectivity index (χ0n) is 82.0. The van der Waals surface area contributed by atoms with E-state index in [0.717, 1.165) is 167 Å². The Morgan fingerprint density at radius 3 is 0.651 bits per heavy atom. The van der Waals surface area contributed by atoms with Crippen LogP contribution < -0.4 is 0 Å². The van der Waals surface area contributed by atoms with Crippen LogP contribution in [0.3, 0.4) is 0 Å². The van der Waals surface area contributed by atoms with E-state index in [1.807, 2.05) is 0 Å². The van der Waals surface area contributed by atoms with E-state index >= 15 is 0 Å². The van der Waals surface area contributed by atoms with Crippen LogP contribution in [0.25, 0.3) is 0 Å². The third-order valence-corrected chi connectivity index (χ3v) is 24.0. The van der Waals surface area contributed by atoms with E-state index in [4.69, 9.17) is 32.3 Å². The van der Waals surface area contributed by atoms with Crippen molar-refractivity contribution < 1.29 is 75.8 Å². The van der Waals surface area contributed by atoms with Gasteiger partial charge in [0.25, 0.3) is 0 Å². The van der Waals surface area contributed by atoms with Crippen molar-refractivity contribution in [1.29, 1.82) is 0 Å². The van der Waals surface area contributed by atoms with Crippen molar-refractivity contribution in [1.82, 2.24) is 0 Å². The summed E-state index contributed by atoms with van der Waals surface area (Å²) >= 11 is 0. The molecule has 0 aromatic heterocycles. The Morgan fingerprint density at radius 1 is 0.225 bits per heavy atom. The molecular weight excluding hydrogens is 1650 g/mol. The molecule has 0 bridgehead atoms. The number of aliphatic hydroxyl groups excluding tert-OH is 2. The van der Waals surface area contributed by atoms with E-state index in [0.29, 0.717) is 19.3 Å². The highest BCUT2D eigenvalue weighted by Gasteiger charge is 2.30. The summed E-state index contributed by atoms with van der Waals surface area (Å²) in [6.45, 7) is 2.50. The van der Waals surface area contributed by atoms with Gasteiger partial charge in [0.2, 0.25) is 0 Å². The van der Waals surface area contributed by atoms with Crippen LogP contribution >= 0.6 is 15.6 Å². The van der Waals surface area contributed by atoms with Gasteiger partial charge in [-0.15, -0.1) is 0 Å². The van der Waals surface area contributed by atoms with Gasteiger partial charge in [-0.3, -0.25) is 32.5 Å². The highest BCUT2D eigenvalue weighted by Crippen LogP contribution is 2.45. The molecule has 0 heterocycles. The van der Waals surface area contributed by atoms with Gasteiger partial charge in [-0.2, -0.15) is 0 Å². The highest BCUT2D eigenvalue weighted by atomic mass is 31.2. The van der Waals surface area contributed by atoms with Crippen molar-refractivity contribution >= 4 is 33.6 Å². The number of phosphoric acid groups is 2. The van der Waals surface area contributed by atoms with Crippen LogP contribution in [0.15, 0.2) is 182 Å². The highest BCUT2D eigenvalue weighted by molar-refractivity contribution is 7.47. The average molecular weight is 1840 g/mol. The molecule has 0 spiro atoms. The summed E-state index contributed by atoms with van der Waals surface area (Å²) in [6.07, 6.45) is 135. The summed E-state index contributed by atoms with van der Waals surface area (Å²) in [5, 5.41) is 20.8. The summed E-state index contributed by atoms with van der Waals surface area (Å²) in [5.74, 6) is -1.56. The number of allylic oxidation sites excluding steroid dienone is 30. The number of carbonyl (C=O) groups is 3. The Bertz CT molecular complexity index is 3080. The van der Waals surface area contributed by atoms with Gasteiger partial charge in [-0.1, -0.05) is 447 Å². The van der Waals surface area contributed by atoms with Crippen LogP contribution in [-0.4, -0.2) is 95.9 Å². The van der Waals surface area contributed by atoms with Crippen molar-refractivity contribution in [3.05, 3.63) is 182 Å². The lowest BCUT2D eigenvalue weighted by Crippen LogP contribution is -2.30. The molecule has 5 unspecified atom stereocenters. The maximum Gasteiger partial charge on any atom is 0.472 e. The van der Waals surface area contributed by atoms with E-state index < -0.39 is 91.5 Å². The normalized spacial score (nSPS) is 14.4. The molecule has 0 aliphatic heterocycles. The standard InChI is InChI=1S/C111H190O16P2/c1-4-7-10-13-16-19-22-25-28-31-34-37-40-43-46-49-51-52-54-57-58-61-64-67-70-73-76-79-82-85-88-91-94-97-109(114)121-100-106(112)101-123-128(117,118)124-102-107(113)103-125-129(119,120)126-105-108(127-111(116)99-96-93-90-87-84-81-78-75-72-69-66-63-60-55-48-45-42-39-36-33-30-27-24-21-18-15-12-9-6-3)104-122-110(115)98-95-92-89-86-83-80-77-74-71-68-65-62-59-56-53-50-47-44-41-38-35-32-29-26-23-20-17-14-11-8-5-2/h7,9-10,12,16-21,25-30,34-39,43-48,51-52,106-108,112-113H,4-6,8,11,13-15,22-24,31-33,40-42,49-50,53-105H2,1-3H3,(H,117,118)(H,119,120)/b10-7-,12-9-,19-16-,20-17-,21-18-,28-25-,29-26-,30-27-,37-34-,38-35-,39-36-,46-43-,47-44-,48-45-,52-51-. The first-order valence-corrected chi connectivity index (χ1v) is 55.1. The lowest BCUT2D eigenvalue weighted by molar-refractivity contribution is -0.161. The van der Waals surface area contributed by atoms with Gasteiger partial charge in [-0.05, 0) is 161 Å². The first kappa shape index (κ1) is 124. The van der Waals surface area contributed by atoms with Crippen LogP contribution in [0, 0.1) is 0 Å². The Kier molecular flexibility index (Phi) is 97.4. The molecule has 129 heavy (non-hydrogen) atoms. The third-order valence-electron chi connectivity index (χ3n) is 22.1. The minimum atomic E-state index is -4.95. The number of hydrogen-bond donors (Lipinski definition) is 4. The van der Waals surface area contributed by atoms with Crippen LogP contribution in [0.4, 0.5) is 0 Å². The minimum Gasteiger partial charge on any atom is -0.463 e. The number of aliphatic hydroxyl groups is 2. The molecule has 0 fully saturated rings. The Labute approximate surface area is 789 Å². The molecule has 740 valence electrons. The van der Waals surface area contributed by atoms with Gasteiger partial charge in [0.15, 0.2) is 6.10 Å². The second-order valence-electron chi connectivity index (χ2n) is 34.6. The molecule has 0 aromatic carbocycles. The SMILES string of the molecule is CC/C=C\C/C=C\C/C=C\C/C=C\C/C=C\C/C=C\CCCCCCCCCCCCCCCCC(=O)OCC(O)COP(=O)(O)OCC(O)COP(=O)(O)OCC(COC(=O)CCCCCCCCCCCCCCCCC/C=C\C/C=C\C/C=C\C/C=C\CCCCC)OC(=O)CCCCCCCCCCCCCCC/C=C\C/C=C\C/C=C\C/C=C\C/C=C\CC. The van der Waals surface area contributed by atoms with E-state index in [9.17, 15) is 43.5 Å². The number of rotatable bonds is 98. The van der Waals surface area contributed by atoms with Gasteiger partial charge in [0.05, 0.1) is 26.4 Å². The molecule has 0 radical (unpaired) electrons. The van der Waals surface area contributed by atoms with E-state index in [-0.39, 0.29) is 19.3 Å². The predicted octanol–water partition coefficient (Wildman–Crippen LogP) is 33.1. The number of phosphoric ester groups is 2. The molecule has 18 heteroatoms. The Hall–Kier alpha value is -5.35. The fraction of sp³-hybridized carbons (Fsp3) is 0.703. The van der Waals surface area contributed by atoms with Crippen molar-refractivity contribution in [2.24, 2.45) is 0 Å². The molecule has 0 saturated heterocycles. The number of ether oxygens (including phenoxy) is 3. The second-order valence-corrected chi connectivity index (χ2v) is 37.5. The monoisotopic (exact) mass is 1840 g/mol. The molecular formula is C111H190O16P2. The zero-order valence-corrected chi connectivity index (χ0v) is 83.8. The third kappa shape index (κ3) is 103. The van der Waals surface area contributed by atoms with Crippen LogP contribution in [0.2, 0.25) is 0 Å². The van der Waals surface area contributed by atoms with Crippen LogP contribution in [0.5, 0.6) is 0 Å². The number of unbranched alkanes of at least 4 members (excludes halogenated alkanes) is 45. The smallest absolute Gasteiger partial charge is 0.463 e. The largest absolute Gasteiger partial charge is 0.472 e. The summed E-state index contributed by atoms with van der Waals surface area (Å²) in [5.41, 5.74) is 0.